The molecule has 0 spiro atoms. The van der Waals surface area contributed by atoms with Crippen molar-refractivity contribution in [2.75, 3.05) is 0 Å². The maximum Gasteiger partial charge on any atom is 0.325 e. The summed E-state index contributed by atoms with van der Waals surface area (Å²) >= 11 is 0. The average molecular weight is 578 g/mol. The van der Waals surface area contributed by atoms with Crippen molar-refractivity contribution in [1.82, 2.24) is 16.0 Å². The van der Waals surface area contributed by atoms with E-state index >= 15 is 0 Å². The first-order chi connectivity index (χ1) is 18.4. The van der Waals surface area contributed by atoms with Crippen LogP contribution in [0.25, 0.3) is 0 Å². The molecule has 3 aliphatic heterocycles. The van der Waals surface area contributed by atoms with Gasteiger partial charge in [-0.05, 0) is 89.2 Å². The highest BCUT2D eigenvalue weighted by Gasteiger charge is 2.44. The number of carbonyl (C=O) groups excluding carboxylic acids is 3. The van der Waals surface area contributed by atoms with Crippen molar-refractivity contribution >= 4 is 17.9 Å². The van der Waals surface area contributed by atoms with Crippen LogP contribution in [-0.4, -0.2) is 63.3 Å². The van der Waals surface area contributed by atoms with Gasteiger partial charge in [-0.25, -0.2) is 0 Å². The molecule has 0 aromatic carbocycles. The molecular weight excluding hydrogens is 522 g/mol. The molecule has 0 amide bonds. The van der Waals surface area contributed by atoms with Gasteiger partial charge in [0, 0.05) is 65.3 Å². The van der Waals surface area contributed by atoms with Gasteiger partial charge in [0.1, 0.15) is 18.0 Å². The van der Waals surface area contributed by atoms with Crippen molar-refractivity contribution < 1.29 is 28.6 Å². The van der Waals surface area contributed by atoms with Crippen molar-refractivity contribution in [1.29, 1.82) is 0 Å². The maximum absolute atomic E-state index is 13.6. The smallest absolute Gasteiger partial charge is 0.325 e. The van der Waals surface area contributed by atoms with Crippen LogP contribution in [0.1, 0.15) is 122 Å². The summed E-state index contributed by atoms with van der Waals surface area (Å²) in [6.45, 7) is 24.6. The Bertz CT molecular complexity index is 1020. The van der Waals surface area contributed by atoms with Gasteiger partial charge < -0.3 is 30.2 Å². The highest BCUT2D eigenvalue weighted by molar-refractivity contribution is 5.98. The summed E-state index contributed by atoms with van der Waals surface area (Å²) in [6, 6.07) is 0. The van der Waals surface area contributed by atoms with Crippen LogP contribution in [0.4, 0.5) is 0 Å². The molecule has 0 radical (unpaired) electrons. The van der Waals surface area contributed by atoms with Gasteiger partial charge in [-0.15, -0.1) is 0 Å². The molecule has 0 bridgehead atoms. The summed E-state index contributed by atoms with van der Waals surface area (Å²) in [5.41, 5.74) is -1.68. The molecule has 2 fully saturated rings. The predicted octanol–water partition coefficient (Wildman–Crippen LogP) is 4.68. The normalized spacial score (nSPS) is 27.2. The summed E-state index contributed by atoms with van der Waals surface area (Å²) in [4.78, 5) is 40.5. The Hall–Kier alpha value is -1.97. The fraction of sp³-hybridized carbons (Fsp3) is 0.844. The van der Waals surface area contributed by atoms with Crippen LogP contribution in [0.3, 0.4) is 0 Å². The average Bonchev–Trinajstić information content (AvgIpc) is 2.64. The van der Waals surface area contributed by atoms with Crippen molar-refractivity contribution in [2.45, 2.75) is 167 Å². The molecule has 0 aromatic rings. The van der Waals surface area contributed by atoms with E-state index in [2.05, 4.69) is 71.3 Å². The molecule has 0 saturated carbocycles. The second-order valence-corrected chi connectivity index (χ2v) is 16.5. The second kappa shape index (κ2) is 11.3. The van der Waals surface area contributed by atoms with Crippen molar-refractivity contribution in [3.63, 3.8) is 0 Å². The Labute approximate surface area is 247 Å². The number of hydrogen-bond acceptors (Lipinski definition) is 9. The van der Waals surface area contributed by atoms with Crippen LogP contribution in [-0.2, 0) is 28.6 Å². The number of ether oxygens (including phenoxy) is 3. The number of piperidine rings is 2. The maximum atomic E-state index is 13.6. The summed E-state index contributed by atoms with van der Waals surface area (Å²) < 4.78 is 17.6. The van der Waals surface area contributed by atoms with Crippen molar-refractivity contribution in [3.8, 4) is 0 Å². The van der Waals surface area contributed by atoms with Gasteiger partial charge in [0.15, 0.2) is 5.92 Å². The molecule has 3 rings (SSSR count). The molecule has 3 N–H and O–H groups in total. The van der Waals surface area contributed by atoms with E-state index < -0.39 is 41.9 Å². The standard InChI is InChI=1S/C32H55N3O6/c1-27(2)14-20(15-28(3,4)33-27)39-24(36)13-23(25(37)40-21-16-29(5,6)34-30(7,8)17-21)26(38)41-22-18-31(9,10)35-32(11,12)19-22/h16,20,22-23,33-35H,13-15,17-19H2,1-12H3. The van der Waals surface area contributed by atoms with Crippen LogP contribution < -0.4 is 16.0 Å². The summed E-state index contributed by atoms with van der Waals surface area (Å²) in [6.07, 6.45) is 3.59. The fourth-order valence-corrected chi connectivity index (χ4v) is 7.64. The zero-order valence-electron chi connectivity index (χ0n) is 27.5. The molecule has 0 aromatic heterocycles. The number of esters is 3. The zero-order chi connectivity index (χ0) is 31.2. The van der Waals surface area contributed by atoms with Crippen molar-refractivity contribution in [3.05, 3.63) is 11.8 Å². The number of hydrogen-bond donors (Lipinski definition) is 3. The summed E-state index contributed by atoms with van der Waals surface area (Å²) in [5.74, 6) is -3.09. The summed E-state index contributed by atoms with van der Waals surface area (Å²) in [5, 5.41) is 10.6. The Kier molecular flexibility index (Phi) is 9.22. The van der Waals surface area contributed by atoms with E-state index in [0.29, 0.717) is 37.9 Å². The van der Waals surface area contributed by atoms with Crippen LogP contribution in [0.2, 0.25) is 0 Å². The Morgan fingerprint density at radius 1 is 0.683 bits per heavy atom. The largest absolute Gasteiger partial charge is 0.462 e. The van der Waals surface area contributed by atoms with E-state index in [-0.39, 0.29) is 33.8 Å². The lowest BCUT2D eigenvalue weighted by molar-refractivity contribution is -0.172. The molecule has 234 valence electrons. The minimum Gasteiger partial charge on any atom is -0.462 e. The molecular formula is C32H55N3O6. The summed E-state index contributed by atoms with van der Waals surface area (Å²) in [7, 11) is 0. The molecule has 1 atom stereocenters. The van der Waals surface area contributed by atoms with E-state index in [1.54, 1.807) is 0 Å². The highest BCUT2D eigenvalue weighted by atomic mass is 16.6. The third kappa shape index (κ3) is 10.1. The van der Waals surface area contributed by atoms with E-state index in [4.69, 9.17) is 14.2 Å². The van der Waals surface area contributed by atoms with Gasteiger partial charge in [0.05, 0.1) is 6.42 Å². The van der Waals surface area contributed by atoms with Crippen LogP contribution in [0.15, 0.2) is 11.8 Å². The van der Waals surface area contributed by atoms with Crippen LogP contribution in [0, 0.1) is 5.92 Å². The minimum absolute atomic E-state index is 0.223. The van der Waals surface area contributed by atoms with E-state index in [1.165, 1.54) is 0 Å². The molecule has 9 nitrogen and oxygen atoms in total. The fourth-order valence-electron chi connectivity index (χ4n) is 7.64. The predicted molar refractivity (Wildman–Crippen MR) is 159 cm³/mol. The quantitative estimate of drug-likeness (QED) is 0.225. The van der Waals surface area contributed by atoms with Crippen LogP contribution >= 0.6 is 0 Å². The number of rotatable bonds is 7. The van der Waals surface area contributed by atoms with Gasteiger partial charge in [0.25, 0.3) is 0 Å². The third-order valence-corrected chi connectivity index (χ3v) is 7.86. The molecule has 2 saturated heterocycles. The van der Waals surface area contributed by atoms with E-state index in [0.717, 1.165) is 0 Å². The third-order valence-electron chi connectivity index (χ3n) is 7.86. The molecule has 1 unspecified atom stereocenters. The van der Waals surface area contributed by atoms with Gasteiger partial charge >= 0.3 is 17.9 Å². The Morgan fingerprint density at radius 3 is 1.56 bits per heavy atom. The number of carbonyl (C=O) groups is 3. The molecule has 41 heavy (non-hydrogen) atoms. The minimum atomic E-state index is -1.42. The molecule has 3 heterocycles. The Morgan fingerprint density at radius 2 is 1.12 bits per heavy atom. The highest BCUT2D eigenvalue weighted by Crippen LogP contribution is 2.34. The first-order valence-corrected chi connectivity index (χ1v) is 15.1. The topological polar surface area (TPSA) is 115 Å². The van der Waals surface area contributed by atoms with Gasteiger partial charge in [-0.2, -0.15) is 0 Å². The Balaban J connectivity index is 1.80. The van der Waals surface area contributed by atoms with Gasteiger partial charge in [-0.1, -0.05) is 0 Å². The van der Waals surface area contributed by atoms with Gasteiger partial charge in [0.2, 0.25) is 0 Å². The zero-order valence-corrected chi connectivity index (χ0v) is 27.5. The van der Waals surface area contributed by atoms with Crippen molar-refractivity contribution in [2.24, 2.45) is 5.92 Å². The lowest BCUT2D eigenvalue weighted by atomic mass is 9.81. The SMILES string of the molecule is CC1(C)C=C(OC(=O)C(CC(=O)OC2CC(C)(C)NC(C)(C)C2)C(=O)OC2CC(C)(C)NC(C)(C)C2)CC(C)(C)N1. The number of nitrogens with one attached hydrogen (secondary N) is 3. The monoisotopic (exact) mass is 577 g/mol. The lowest BCUT2D eigenvalue weighted by Crippen LogP contribution is -2.60. The van der Waals surface area contributed by atoms with E-state index in [1.807, 2.05) is 33.8 Å². The van der Waals surface area contributed by atoms with E-state index in [9.17, 15) is 14.4 Å². The first kappa shape index (κ1) is 33.5. The van der Waals surface area contributed by atoms with Gasteiger partial charge in [-0.3, -0.25) is 14.4 Å². The molecule has 3 aliphatic rings. The first-order valence-electron chi connectivity index (χ1n) is 15.1. The second-order valence-electron chi connectivity index (χ2n) is 16.5. The lowest BCUT2D eigenvalue weighted by Gasteiger charge is -2.46. The molecule has 0 aliphatic carbocycles. The molecule has 9 heteroatoms. The van der Waals surface area contributed by atoms with Crippen LogP contribution in [0.5, 0.6) is 0 Å².